The maximum atomic E-state index is 10.6. The van der Waals surface area contributed by atoms with Crippen LogP contribution < -0.4 is 0 Å². The topological polar surface area (TPSA) is 38.0 Å². The van der Waals surface area contributed by atoms with Gasteiger partial charge in [-0.3, -0.25) is 4.68 Å². The zero-order valence-corrected chi connectivity index (χ0v) is 12.1. The summed E-state index contributed by atoms with van der Waals surface area (Å²) < 4.78 is 1.95. The summed E-state index contributed by atoms with van der Waals surface area (Å²) >= 11 is 0. The smallest absolute Gasteiger partial charge is 0.0984 e. The Labute approximate surface area is 110 Å². The maximum Gasteiger partial charge on any atom is 0.0984 e. The largest absolute Gasteiger partial charge is 0.387 e. The van der Waals surface area contributed by atoms with E-state index in [4.69, 9.17) is 0 Å². The van der Waals surface area contributed by atoms with Crippen LogP contribution in [0.2, 0.25) is 0 Å². The Morgan fingerprint density at radius 2 is 1.94 bits per heavy atom. The minimum absolute atomic E-state index is 0.351. The molecule has 1 aliphatic rings. The molecule has 1 aromatic heterocycles. The lowest BCUT2D eigenvalue weighted by Gasteiger charge is -2.34. The molecule has 0 aliphatic heterocycles. The summed E-state index contributed by atoms with van der Waals surface area (Å²) in [7, 11) is 0. The highest BCUT2D eigenvalue weighted by molar-refractivity contribution is 5.13. The highest BCUT2D eigenvalue weighted by Gasteiger charge is 2.31. The molecule has 1 aliphatic carbocycles. The molecule has 1 fully saturated rings. The van der Waals surface area contributed by atoms with Gasteiger partial charge in [-0.2, -0.15) is 5.10 Å². The molecule has 0 bridgehead atoms. The Balaban J connectivity index is 2.16. The van der Waals surface area contributed by atoms with Crippen molar-refractivity contribution in [3.05, 3.63) is 17.5 Å². The summed E-state index contributed by atoms with van der Waals surface area (Å²) in [5, 5.41) is 15.1. The van der Waals surface area contributed by atoms with Crippen LogP contribution in [0, 0.1) is 24.7 Å². The molecule has 2 rings (SSSR count). The molecule has 0 spiro atoms. The van der Waals surface area contributed by atoms with E-state index in [9.17, 15) is 5.11 Å². The van der Waals surface area contributed by atoms with E-state index in [0.29, 0.717) is 5.92 Å². The lowest BCUT2D eigenvalue weighted by molar-refractivity contribution is 0.0489. The molecule has 0 saturated heterocycles. The Bertz CT molecular complexity index is 389. The minimum atomic E-state index is -0.351. The summed E-state index contributed by atoms with van der Waals surface area (Å²) in [6.07, 6.45) is 3.23. The van der Waals surface area contributed by atoms with Gasteiger partial charge in [0.1, 0.15) is 0 Å². The maximum absolute atomic E-state index is 10.6. The van der Waals surface area contributed by atoms with Crippen LogP contribution in [0.1, 0.15) is 57.5 Å². The normalized spacial score (nSPS) is 30.4. The second-order valence-corrected chi connectivity index (χ2v) is 6.15. The molecule has 3 atom stereocenters. The average Bonchev–Trinajstić information content (AvgIpc) is 2.68. The number of hydrogen-bond acceptors (Lipinski definition) is 2. The number of nitrogens with zero attached hydrogens (tertiary/aromatic N) is 2. The summed E-state index contributed by atoms with van der Waals surface area (Å²) in [6.45, 7) is 9.51. The van der Waals surface area contributed by atoms with Crippen molar-refractivity contribution in [1.29, 1.82) is 0 Å². The van der Waals surface area contributed by atoms with E-state index in [1.54, 1.807) is 0 Å². The first-order chi connectivity index (χ1) is 8.51. The number of rotatable bonds is 3. The van der Waals surface area contributed by atoms with Gasteiger partial charge >= 0.3 is 0 Å². The van der Waals surface area contributed by atoms with Gasteiger partial charge in [0.25, 0.3) is 0 Å². The minimum Gasteiger partial charge on any atom is -0.387 e. The van der Waals surface area contributed by atoms with Crippen LogP contribution in [-0.2, 0) is 6.54 Å². The van der Waals surface area contributed by atoms with Crippen molar-refractivity contribution < 1.29 is 5.11 Å². The molecular formula is C15H26N2O. The number of aromatic nitrogens is 2. The molecule has 102 valence electrons. The standard InChI is InChI=1S/C15H26N2O/c1-5-17-14(9-12(4)16-17)15(18)13-7-10(2)6-11(3)8-13/h9-11,13,15,18H,5-8H2,1-4H3. The SMILES string of the molecule is CCn1nc(C)cc1C(O)C1CC(C)CC(C)C1. The summed E-state index contributed by atoms with van der Waals surface area (Å²) in [5.74, 6) is 1.85. The molecule has 0 radical (unpaired) electrons. The second kappa shape index (κ2) is 5.43. The number of hydrogen-bond donors (Lipinski definition) is 1. The van der Waals surface area contributed by atoms with Crippen LogP contribution >= 0.6 is 0 Å². The van der Waals surface area contributed by atoms with Gasteiger partial charge in [0.15, 0.2) is 0 Å². The van der Waals surface area contributed by atoms with Crippen molar-refractivity contribution in [3.63, 3.8) is 0 Å². The van der Waals surface area contributed by atoms with Crippen LogP contribution in [0.4, 0.5) is 0 Å². The lowest BCUT2D eigenvalue weighted by Crippen LogP contribution is -2.26. The van der Waals surface area contributed by atoms with Crippen molar-refractivity contribution in [2.24, 2.45) is 17.8 Å². The van der Waals surface area contributed by atoms with Crippen molar-refractivity contribution in [3.8, 4) is 0 Å². The first-order valence-electron chi connectivity index (χ1n) is 7.23. The quantitative estimate of drug-likeness (QED) is 0.893. The first kappa shape index (κ1) is 13.6. The Morgan fingerprint density at radius 1 is 1.33 bits per heavy atom. The molecule has 0 aromatic carbocycles. The molecule has 1 aromatic rings. The Hall–Kier alpha value is -0.830. The summed E-state index contributed by atoms with van der Waals surface area (Å²) in [4.78, 5) is 0. The molecule has 3 heteroatoms. The van der Waals surface area contributed by atoms with Crippen molar-refractivity contribution in [2.45, 2.75) is 59.6 Å². The molecule has 0 amide bonds. The van der Waals surface area contributed by atoms with Gasteiger partial charge in [-0.05, 0) is 56.9 Å². The highest BCUT2D eigenvalue weighted by atomic mass is 16.3. The fourth-order valence-corrected chi connectivity index (χ4v) is 3.57. The predicted octanol–water partition coefficient (Wildman–Crippen LogP) is 3.32. The molecule has 1 heterocycles. The van der Waals surface area contributed by atoms with Crippen molar-refractivity contribution in [2.75, 3.05) is 0 Å². The lowest BCUT2D eigenvalue weighted by atomic mass is 9.74. The Kier molecular flexibility index (Phi) is 4.10. The van der Waals surface area contributed by atoms with Crippen molar-refractivity contribution in [1.82, 2.24) is 9.78 Å². The summed E-state index contributed by atoms with van der Waals surface area (Å²) in [5.41, 5.74) is 2.00. The third-order valence-corrected chi connectivity index (χ3v) is 4.20. The monoisotopic (exact) mass is 250 g/mol. The van der Waals surface area contributed by atoms with Crippen molar-refractivity contribution >= 4 is 0 Å². The average molecular weight is 250 g/mol. The zero-order valence-electron chi connectivity index (χ0n) is 12.1. The van der Waals surface area contributed by atoms with E-state index < -0.39 is 0 Å². The fraction of sp³-hybridized carbons (Fsp3) is 0.800. The zero-order chi connectivity index (χ0) is 13.3. The number of aliphatic hydroxyl groups excluding tert-OH is 1. The third-order valence-electron chi connectivity index (χ3n) is 4.20. The Morgan fingerprint density at radius 3 is 2.50 bits per heavy atom. The predicted molar refractivity (Wildman–Crippen MR) is 73.3 cm³/mol. The van der Waals surface area contributed by atoms with Gasteiger partial charge in [-0.15, -0.1) is 0 Å². The van der Waals surface area contributed by atoms with Gasteiger partial charge in [0, 0.05) is 6.54 Å². The van der Waals surface area contributed by atoms with Crippen LogP contribution in [-0.4, -0.2) is 14.9 Å². The van der Waals surface area contributed by atoms with E-state index >= 15 is 0 Å². The van der Waals surface area contributed by atoms with Gasteiger partial charge in [0.2, 0.25) is 0 Å². The molecule has 3 unspecified atom stereocenters. The second-order valence-electron chi connectivity index (χ2n) is 6.15. The van der Waals surface area contributed by atoms with Gasteiger partial charge < -0.3 is 5.11 Å². The van der Waals surface area contributed by atoms with Crippen LogP contribution in [0.15, 0.2) is 6.07 Å². The molecule has 3 nitrogen and oxygen atoms in total. The van der Waals surface area contributed by atoms with Gasteiger partial charge in [-0.25, -0.2) is 0 Å². The highest BCUT2D eigenvalue weighted by Crippen LogP contribution is 2.39. The van der Waals surface area contributed by atoms with Crippen LogP contribution in [0.25, 0.3) is 0 Å². The van der Waals surface area contributed by atoms with Gasteiger partial charge in [-0.1, -0.05) is 13.8 Å². The fourth-order valence-electron chi connectivity index (χ4n) is 3.57. The first-order valence-corrected chi connectivity index (χ1v) is 7.23. The molecule has 1 saturated carbocycles. The summed E-state index contributed by atoms with van der Waals surface area (Å²) in [6, 6.07) is 2.04. The van der Waals surface area contributed by atoms with E-state index in [1.807, 2.05) is 17.7 Å². The number of aliphatic hydroxyl groups is 1. The van der Waals surface area contributed by atoms with Crippen LogP contribution in [0.5, 0.6) is 0 Å². The number of aryl methyl sites for hydroxylation is 2. The van der Waals surface area contributed by atoms with E-state index in [-0.39, 0.29) is 6.10 Å². The van der Waals surface area contributed by atoms with E-state index in [2.05, 4.69) is 25.9 Å². The molecular weight excluding hydrogens is 224 g/mol. The molecule has 18 heavy (non-hydrogen) atoms. The molecule has 1 N–H and O–H groups in total. The van der Waals surface area contributed by atoms with E-state index in [1.165, 1.54) is 6.42 Å². The third kappa shape index (κ3) is 2.77. The van der Waals surface area contributed by atoms with E-state index in [0.717, 1.165) is 42.6 Å². The van der Waals surface area contributed by atoms with Gasteiger partial charge in [0.05, 0.1) is 17.5 Å². The van der Waals surface area contributed by atoms with Crippen LogP contribution in [0.3, 0.4) is 0 Å².